The van der Waals surface area contributed by atoms with Crippen molar-refractivity contribution in [3.8, 4) is 12.3 Å². The summed E-state index contributed by atoms with van der Waals surface area (Å²) in [5.74, 6) is 2.58. The number of hydrogen-bond donors (Lipinski definition) is 1. The van der Waals surface area contributed by atoms with Gasteiger partial charge < -0.3 is 5.73 Å². The lowest BCUT2D eigenvalue weighted by Crippen LogP contribution is -2.09. The van der Waals surface area contributed by atoms with E-state index in [2.05, 4.69) is 10.9 Å². The van der Waals surface area contributed by atoms with Crippen LogP contribution in [0.5, 0.6) is 0 Å². The van der Waals surface area contributed by atoms with E-state index in [1.807, 2.05) is 19.9 Å². The lowest BCUT2D eigenvalue weighted by Gasteiger charge is -2.07. The van der Waals surface area contributed by atoms with Crippen LogP contribution in [0, 0.1) is 19.3 Å². The summed E-state index contributed by atoms with van der Waals surface area (Å²) < 4.78 is 0. The summed E-state index contributed by atoms with van der Waals surface area (Å²) in [4.78, 5) is 4.18. The van der Waals surface area contributed by atoms with E-state index in [1.54, 1.807) is 6.20 Å². The molecule has 2 N–H and O–H groups in total. The van der Waals surface area contributed by atoms with Crippen LogP contribution in [0.15, 0.2) is 12.3 Å². The van der Waals surface area contributed by atoms with Gasteiger partial charge in [-0.1, -0.05) is 5.92 Å². The standard InChI is InChI=1S/C10H12N2/c1-4-9-5-7(2)6-12-10(9)8(3)11/h1,5-6,8H,11H2,2-3H3. The van der Waals surface area contributed by atoms with Crippen molar-refractivity contribution in [2.45, 2.75) is 19.9 Å². The Labute approximate surface area is 72.8 Å². The number of pyridine rings is 1. The Hall–Kier alpha value is -1.33. The van der Waals surface area contributed by atoms with Gasteiger partial charge in [-0.15, -0.1) is 6.42 Å². The van der Waals surface area contributed by atoms with Gasteiger partial charge in [-0.3, -0.25) is 4.98 Å². The van der Waals surface area contributed by atoms with Crippen molar-refractivity contribution in [2.75, 3.05) is 0 Å². The summed E-state index contributed by atoms with van der Waals surface area (Å²) in [5, 5.41) is 0. The van der Waals surface area contributed by atoms with E-state index >= 15 is 0 Å². The van der Waals surface area contributed by atoms with Crippen LogP contribution in [-0.4, -0.2) is 4.98 Å². The maximum Gasteiger partial charge on any atom is 0.0724 e. The fourth-order valence-corrected chi connectivity index (χ4v) is 1.06. The molecule has 0 saturated carbocycles. The van der Waals surface area contributed by atoms with Crippen molar-refractivity contribution < 1.29 is 0 Å². The van der Waals surface area contributed by atoms with Crippen LogP contribution in [0.4, 0.5) is 0 Å². The second kappa shape index (κ2) is 3.38. The Morgan fingerprint density at radius 2 is 2.33 bits per heavy atom. The van der Waals surface area contributed by atoms with Crippen molar-refractivity contribution in [3.05, 3.63) is 29.1 Å². The van der Waals surface area contributed by atoms with E-state index in [-0.39, 0.29) is 6.04 Å². The molecule has 0 radical (unpaired) electrons. The van der Waals surface area contributed by atoms with E-state index in [9.17, 15) is 0 Å². The molecule has 0 aliphatic rings. The highest BCUT2D eigenvalue weighted by molar-refractivity contribution is 5.39. The Balaban J connectivity index is 3.23. The molecule has 0 spiro atoms. The van der Waals surface area contributed by atoms with Gasteiger partial charge in [0.1, 0.15) is 0 Å². The summed E-state index contributed by atoms with van der Waals surface area (Å²) in [5.41, 5.74) is 8.34. The Bertz CT molecular complexity index is 321. The number of terminal acetylenes is 1. The summed E-state index contributed by atoms with van der Waals surface area (Å²) in [6.45, 7) is 3.83. The second-order valence-electron chi connectivity index (χ2n) is 2.88. The molecule has 0 saturated heterocycles. The van der Waals surface area contributed by atoms with Crippen LogP contribution in [-0.2, 0) is 0 Å². The van der Waals surface area contributed by atoms with Gasteiger partial charge in [0.2, 0.25) is 0 Å². The lowest BCUT2D eigenvalue weighted by atomic mass is 10.1. The fourth-order valence-electron chi connectivity index (χ4n) is 1.06. The Morgan fingerprint density at radius 3 is 2.83 bits per heavy atom. The number of nitrogens with zero attached hydrogens (tertiary/aromatic N) is 1. The molecule has 1 heterocycles. The average Bonchev–Trinajstić information content (AvgIpc) is 2.03. The zero-order valence-electron chi connectivity index (χ0n) is 7.33. The number of aryl methyl sites for hydroxylation is 1. The molecule has 2 nitrogen and oxygen atoms in total. The maximum atomic E-state index is 5.68. The predicted molar refractivity (Wildman–Crippen MR) is 49.5 cm³/mol. The highest BCUT2D eigenvalue weighted by Crippen LogP contribution is 2.12. The number of nitrogens with two attached hydrogens (primary N) is 1. The van der Waals surface area contributed by atoms with Gasteiger partial charge in [-0.2, -0.15) is 0 Å². The van der Waals surface area contributed by atoms with Crippen LogP contribution in [0.2, 0.25) is 0 Å². The summed E-state index contributed by atoms with van der Waals surface area (Å²) in [7, 11) is 0. The minimum atomic E-state index is -0.100. The van der Waals surface area contributed by atoms with Gasteiger partial charge in [0, 0.05) is 17.8 Å². The van der Waals surface area contributed by atoms with Crippen LogP contribution >= 0.6 is 0 Å². The van der Waals surface area contributed by atoms with Crippen LogP contribution in [0.1, 0.15) is 29.8 Å². The van der Waals surface area contributed by atoms with E-state index in [4.69, 9.17) is 12.2 Å². The van der Waals surface area contributed by atoms with Gasteiger partial charge in [0.05, 0.1) is 5.69 Å². The van der Waals surface area contributed by atoms with Crippen molar-refractivity contribution in [1.82, 2.24) is 4.98 Å². The molecule has 0 amide bonds. The minimum Gasteiger partial charge on any atom is -0.323 e. The number of rotatable bonds is 1. The molecule has 0 aliphatic carbocycles. The molecule has 1 atom stereocenters. The molecule has 2 heteroatoms. The Kier molecular flexibility index (Phi) is 2.47. The first-order chi connectivity index (χ1) is 5.65. The van der Waals surface area contributed by atoms with E-state index in [1.165, 1.54) is 0 Å². The fraction of sp³-hybridized carbons (Fsp3) is 0.300. The molecule has 1 aromatic heterocycles. The van der Waals surface area contributed by atoms with Crippen molar-refractivity contribution in [1.29, 1.82) is 0 Å². The molecular weight excluding hydrogens is 148 g/mol. The molecule has 0 bridgehead atoms. The van der Waals surface area contributed by atoms with Crippen molar-refractivity contribution in [3.63, 3.8) is 0 Å². The summed E-state index contributed by atoms with van der Waals surface area (Å²) >= 11 is 0. The Morgan fingerprint density at radius 1 is 1.67 bits per heavy atom. The van der Waals surface area contributed by atoms with Gasteiger partial charge in [0.15, 0.2) is 0 Å². The monoisotopic (exact) mass is 160 g/mol. The van der Waals surface area contributed by atoms with Gasteiger partial charge in [-0.25, -0.2) is 0 Å². The quantitative estimate of drug-likeness (QED) is 0.630. The highest BCUT2D eigenvalue weighted by Gasteiger charge is 2.05. The van der Waals surface area contributed by atoms with Crippen molar-refractivity contribution >= 4 is 0 Å². The summed E-state index contributed by atoms with van der Waals surface area (Å²) in [6, 6.07) is 1.82. The molecule has 0 aromatic carbocycles. The van der Waals surface area contributed by atoms with E-state index in [0.29, 0.717) is 0 Å². The highest BCUT2D eigenvalue weighted by atomic mass is 14.8. The van der Waals surface area contributed by atoms with Gasteiger partial charge in [-0.05, 0) is 25.5 Å². The third-order valence-corrected chi connectivity index (χ3v) is 1.64. The summed E-state index contributed by atoms with van der Waals surface area (Å²) in [6.07, 6.45) is 7.09. The minimum absolute atomic E-state index is 0.100. The molecule has 1 rings (SSSR count). The van der Waals surface area contributed by atoms with Gasteiger partial charge >= 0.3 is 0 Å². The first kappa shape index (κ1) is 8.76. The molecule has 0 fully saturated rings. The molecule has 62 valence electrons. The van der Waals surface area contributed by atoms with Gasteiger partial charge in [0.25, 0.3) is 0 Å². The zero-order valence-corrected chi connectivity index (χ0v) is 7.33. The normalized spacial score (nSPS) is 12.2. The van der Waals surface area contributed by atoms with Crippen LogP contribution in [0.25, 0.3) is 0 Å². The zero-order chi connectivity index (χ0) is 9.14. The van der Waals surface area contributed by atoms with Crippen LogP contribution < -0.4 is 5.73 Å². The average molecular weight is 160 g/mol. The maximum absolute atomic E-state index is 5.68. The second-order valence-corrected chi connectivity index (χ2v) is 2.88. The predicted octanol–water partition coefficient (Wildman–Crippen LogP) is 1.39. The lowest BCUT2D eigenvalue weighted by molar-refractivity contribution is 0.776. The van der Waals surface area contributed by atoms with E-state index in [0.717, 1.165) is 16.8 Å². The molecule has 0 aliphatic heterocycles. The smallest absolute Gasteiger partial charge is 0.0724 e. The third-order valence-electron chi connectivity index (χ3n) is 1.64. The number of aromatic nitrogens is 1. The SMILES string of the molecule is C#Cc1cc(C)cnc1C(C)N. The molecular formula is C10H12N2. The number of hydrogen-bond acceptors (Lipinski definition) is 2. The molecule has 1 unspecified atom stereocenters. The van der Waals surface area contributed by atoms with Crippen molar-refractivity contribution in [2.24, 2.45) is 5.73 Å². The van der Waals surface area contributed by atoms with E-state index < -0.39 is 0 Å². The molecule has 1 aromatic rings. The van der Waals surface area contributed by atoms with Crippen LogP contribution in [0.3, 0.4) is 0 Å². The largest absolute Gasteiger partial charge is 0.323 e. The third kappa shape index (κ3) is 1.63. The molecule has 12 heavy (non-hydrogen) atoms. The first-order valence-electron chi connectivity index (χ1n) is 3.84. The topological polar surface area (TPSA) is 38.9 Å². The first-order valence-corrected chi connectivity index (χ1v) is 3.84.